The average molecular weight is 543 g/mol. The summed E-state index contributed by atoms with van der Waals surface area (Å²) in [6, 6.07) is 14.6. The lowest BCUT2D eigenvalue weighted by molar-refractivity contribution is 0.208. The Morgan fingerprint density at radius 1 is 0.975 bits per heavy atom. The van der Waals surface area contributed by atoms with E-state index in [1.807, 2.05) is 10.6 Å². The Balaban J connectivity index is 1.28. The van der Waals surface area contributed by atoms with Crippen LogP contribution in [0, 0.1) is 23.0 Å². The van der Waals surface area contributed by atoms with Crippen LogP contribution >= 0.6 is 0 Å². The average Bonchev–Trinajstić information content (AvgIpc) is 3.33. The molecule has 2 aromatic heterocycles. The summed E-state index contributed by atoms with van der Waals surface area (Å²) in [4.78, 5) is 16.5. The maximum Gasteiger partial charge on any atom is 0.225 e. The molecule has 1 aliphatic heterocycles. The number of fused-ring (bicyclic) bond motifs is 1. The minimum atomic E-state index is -0.843. The van der Waals surface area contributed by atoms with E-state index < -0.39 is 11.6 Å². The number of piperidine rings is 1. The molecule has 6 rings (SSSR count). The number of benzene rings is 2. The Morgan fingerprint density at radius 2 is 1.75 bits per heavy atom. The Bertz CT molecular complexity index is 1500. The molecule has 10 heteroatoms. The largest absolute Gasteiger partial charge is 0.350 e. The first-order chi connectivity index (χ1) is 19.6. The molecule has 206 valence electrons. The smallest absolute Gasteiger partial charge is 0.225 e. The van der Waals surface area contributed by atoms with E-state index in [1.54, 1.807) is 12.3 Å². The molecule has 8 nitrogen and oxygen atoms in total. The summed E-state index contributed by atoms with van der Waals surface area (Å²) < 4.78 is 31.5. The summed E-state index contributed by atoms with van der Waals surface area (Å²) >= 11 is 0. The fraction of sp³-hybridized carbons (Fsp3) is 0.400. The number of hydrogen-bond acceptors (Lipinski definition) is 7. The summed E-state index contributed by atoms with van der Waals surface area (Å²) in [5.74, 6) is -0.838. The first kappa shape index (κ1) is 26.1. The fourth-order valence-electron chi connectivity index (χ4n) is 5.94. The highest BCUT2D eigenvalue weighted by Crippen LogP contribution is 2.35. The van der Waals surface area contributed by atoms with Crippen LogP contribution in [-0.4, -0.2) is 43.6 Å². The van der Waals surface area contributed by atoms with E-state index in [1.165, 1.54) is 5.56 Å². The molecule has 2 aliphatic rings. The Hall–Kier alpha value is -4.10. The van der Waals surface area contributed by atoms with Gasteiger partial charge in [-0.3, -0.25) is 9.47 Å². The van der Waals surface area contributed by atoms with Gasteiger partial charge in [0.05, 0.1) is 17.8 Å². The highest BCUT2D eigenvalue weighted by molar-refractivity contribution is 5.77. The van der Waals surface area contributed by atoms with E-state index >= 15 is 0 Å². The van der Waals surface area contributed by atoms with Crippen molar-refractivity contribution in [1.29, 1.82) is 5.26 Å². The molecule has 4 aromatic rings. The second-order valence-electron chi connectivity index (χ2n) is 10.8. The molecule has 2 N–H and O–H groups in total. The minimum Gasteiger partial charge on any atom is -0.350 e. The van der Waals surface area contributed by atoms with Gasteiger partial charge in [0, 0.05) is 25.2 Å². The van der Waals surface area contributed by atoms with Crippen LogP contribution in [0.3, 0.4) is 0 Å². The summed E-state index contributed by atoms with van der Waals surface area (Å²) in [6.45, 7) is 2.85. The molecule has 2 aromatic carbocycles. The van der Waals surface area contributed by atoms with Crippen molar-refractivity contribution in [3.63, 3.8) is 0 Å². The zero-order valence-electron chi connectivity index (χ0n) is 22.3. The number of hydrogen-bond donors (Lipinski definition) is 2. The van der Waals surface area contributed by atoms with E-state index in [2.05, 4.69) is 49.8 Å². The molecule has 0 unspecified atom stereocenters. The number of likely N-dealkylation sites (tertiary alicyclic amines) is 1. The third kappa shape index (κ3) is 5.61. The molecule has 1 atom stereocenters. The van der Waals surface area contributed by atoms with Crippen LogP contribution in [0.4, 0.5) is 26.4 Å². The summed E-state index contributed by atoms with van der Waals surface area (Å²) in [5.41, 5.74) is 2.08. The van der Waals surface area contributed by atoms with E-state index in [0.717, 1.165) is 76.7 Å². The van der Waals surface area contributed by atoms with Gasteiger partial charge in [-0.15, -0.1) is 0 Å². The van der Waals surface area contributed by atoms with E-state index in [-0.39, 0.29) is 23.3 Å². The predicted molar refractivity (Wildman–Crippen MR) is 150 cm³/mol. The van der Waals surface area contributed by atoms with Gasteiger partial charge in [0.15, 0.2) is 17.3 Å². The van der Waals surface area contributed by atoms with Gasteiger partial charge < -0.3 is 10.6 Å². The lowest BCUT2D eigenvalue weighted by atomic mass is 9.95. The van der Waals surface area contributed by atoms with Crippen LogP contribution in [0.15, 0.2) is 48.7 Å². The number of imidazole rings is 1. The molecule has 1 saturated heterocycles. The molecule has 0 bridgehead atoms. The topological polar surface area (TPSA) is 94.7 Å². The van der Waals surface area contributed by atoms with Crippen LogP contribution < -0.4 is 10.6 Å². The number of rotatable bonds is 7. The van der Waals surface area contributed by atoms with Crippen molar-refractivity contribution in [2.45, 2.75) is 63.6 Å². The summed E-state index contributed by atoms with van der Waals surface area (Å²) in [7, 11) is 0. The van der Waals surface area contributed by atoms with Crippen molar-refractivity contribution in [2.75, 3.05) is 23.7 Å². The van der Waals surface area contributed by atoms with Gasteiger partial charge in [-0.2, -0.15) is 10.2 Å². The second-order valence-corrected chi connectivity index (χ2v) is 10.8. The zero-order chi connectivity index (χ0) is 27.5. The van der Waals surface area contributed by atoms with Gasteiger partial charge in [-0.1, -0.05) is 49.6 Å². The van der Waals surface area contributed by atoms with Crippen molar-refractivity contribution in [3.05, 3.63) is 71.4 Å². The van der Waals surface area contributed by atoms with Gasteiger partial charge in [0.1, 0.15) is 11.2 Å². The number of nitriles is 1. The third-order valence-electron chi connectivity index (χ3n) is 7.87. The molecule has 3 heterocycles. The van der Waals surface area contributed by atoms with Crippen molar-refractivity contribution < 1.29 is 8.78 Å². The fourth-order valence-corrected chi connectivity index (χ4v) is 5.94. The minimum absolute atomic E-state index is 0.0760. The first-order valence-corrected chi connectivity index (χ1v) is 14.0. The van der Waals surface area contributed by atoms with Crippen molar-refractivity contribution in [3.8, 4) is 6.07 Å². The van der Waals surface area contributed by atoms with Gasteiger partial charge in [0.25, 0.3) is 0 Å². The molecule has 1 saturated carbocycles. The molecule has 1 aliphatic carbocycles. The second kappa shape index (κ2) is 11.6. The summed E-state index contributed by atoms with van der Waals surface area (Å²) in [5, 5.41) is 15.5. The highest BCUT2D eigenvalue weighted by atomic mass is 19.1. The van der Waals surface area contributed by atoms with Gasteiger partial charge in [-0.25, -0.2) is 18.7 Å². The lowest BCUT2D eigenvalue weighted by Crippen LogP contribution is -2.41. The Kier molecular flexibility index (Phi) is 7.55. The maximum absolute atomic E-state index is 14.8. The normalized spacial score (nSPS) is 18.5. The Morgan fingerprint density at radius 3 is 2.50 bits per heavy atom. The van der Waals surface area contributed by atoms with Crippen LogP contribution in [0.5, 0.6) is 0 Å². The van der Waals surface area contributed by atoms with Crippen LogP contribution in [0.25, 0.3) is 11.2 Å². The highest BCUT2D eigenvalue weighted by Gasteiger charge is 2.26. The first-order valence-electron chi connectivity index (χ1n) is 14.0. The maximum atomic E-state index is 14.8. The molecule has 0 radical (unpaired) electrons. The molecule has 40 heavy (non-hydrogen) atoms. The lowest BCUT2D eigenvalue weighted by Gasteiger charge is -2.33. The van der Waals surface area contributed by atoms with Crippen LogP contribution in [0.2, 0.25) is 0 Å². The van der Waals surface area contributed by atoms with E-state index in [4.69, 9.17) is 10.2 Å². The van der Waals surface area contributed by atoms with E-state index in [9.17, 15) is 8.78 Å². The standard InChI is InChI=1S/C30H32F2N8/c31-24-14-21(16-33)15-25(32)27(24)37-30-36-26-17-34-29(38-28(26)40(30)23-11-5-2-6-12-23)35-22-10-7-13-39(19-22)18-20-8-3-1-4-9-20/h1,3-4,8-9,14-15,17,22-23H,2,5-7,10-13,18-19H2,(H,36,37)(H,34,35,38)/t22-/m1/s1. The van der Waals surface area contributed by atoms with E-state index in [0.29, 0.717) is 23.1 Å². The Labute approximate surface area is 232 Å². The molecule has 2 fully saturated rings. The monoisotopic (exact) mass is 542 g/mol. The third-order valence-corrected chi connectivity index (χ3v) is 7.87. The van der Waals surface area contributed by atoms with Gasteiger partial charge in [0.2, 0.25) is 11.9 Å². The summed E-state index contributed by atoms with van der Waals surface area (Å²) in [6.07, 6.45) is 8.95. The number of aromatic nitrogens is 4. The number of anilines is 3. The molecule has 0 spiro atoms. The van der Waals surface area contributed by atoms with Crippen molar-refractivity contribution in [1.82, 2.24) is 24.4 Å². The van der Waals surface area contributed by atoms with Crippen LogP contribution in [0.1, 0.15) is 62.1 Å². The number of nitrogens with one attached hydrogen (secondary N) is 2. The van der Waals surface area contributed by atoms with Gasteiger partial charge >= 0.3 is 0 Å². The molecular weight excluding hydrogens is 510 g/mol. The van der Waals surface area contributed by atoms with Crippen molar-refractivity contribution in [2.24, 2.45) is 0 Å². The predicted octanol–water partition coefficient (Wildman–Crippen LogP) is 6.30. The number of nitrogens with zero attached hydrogens (tertiary/aromatic N) is 6. The van der Waals surface area contributed by atoms with Crippen molar-refractivity contribution >= 4 is 28.7 Å². The SMILES string of the molecule is N#Cc1cc(F)c(Nc2nc3cnc(N[C@@H]4CCCN(Cc5ccccc5)C4)nc3n2C2CCCCC2)c(F)c1. The molecule has 0 amide bonds. The quantitative estimate of drug-likeness (QED) is 0.283. The van der Waals surface area contributed by atoms with Crippen LogP contribution in [-0.2, 0) is 6.54 Å². The molecular formula is C30H32F2N8. The van der Waals surface area contributed by atoms with Gasteiger partial charge in [-0.05, 0) is 49.9 Å². The zero-order valence-corrected chi connectivity index (χ0v) is 22.3. The number of halogens is 2.